The molecule has 0 saturated heterocycles. The summed E-state index contributed by atoms with van der Waals surface area (Å²) in [6, 6.07) is 7.54. The maximum atomic E-state index is 12.4. The first-order chi connectivity index (χ1) is 12.5. The zero-order chi connectivity index (χ0) is 18.7. The molecule has 0 atom stereocenters. The Labute approximate surface area is 161 Å². The minimum Gasteiger partial charge on any atom is -0.347 e. The average molecular weight is 419 g/mol. The van der Waals surface area contributed by atoms with Crippen molar-refractivity contribution in [1.82, 2.24) is 15.5 Å². The van der Waals surface area contributed by atoms with Crippen LogP contribution in [0.4, 0.5) is 5.69 Å². The second-order valence-electron chi connectivity index (χ2n) is 6.95. The van der Waals surface area contributed by atoms with Gasteiger partial charge in [0.15, 0.2) is 5.69 Å². The number of nitrogens with one attached hydrogen (secondary N) is 3. The van der Waals surface area contributed by atoms with E-state index in [4.69, 9.17) is 0 Å². The summed E-state index contributed by atoms with van der Waals surface area (Å²) >= 11 is 3.44. The Balaban J connectivity index is 1.60. The molecule has 0 radical (unpaired) electrons. The van der Waals surface area contributed by atoms with E-state index in [1.165, 1.54) is 0 Å². The van der Waals surface area contributed by atoms with Gasteiger partial charge in [0.05, 0.1) is 10.2 Å². The van der Waals surface area contributed by atoms with Gasteiger partial charge in [-0.3, -0.25) is 14.7 Å². The normalized spacial score (nSPS) is 14.2. The van der Waals surface area contributed by atoms with E-state index in [0.717, 1.165) is 36.2 Å². The summed E-state index contributed by atoms with van der Waals surface area (Å²) in [5, 5.41) is 12.8. The van der Waals surface area contributed by atoms with Gasteiger partial charge in [-0.05, 0) is 52.4 Å². The number of aromatic nitrogens is 2. The molecule has 0 bridgehead atoms. The smallest absolute Gasteiger partial charge is 0.273 e. The maximum absolute atomic E-state index is 12.4. The number of amides is 2. The summed E-state index contributed by atoms with van der Waals surface area (Å²) in [5.74, 6) is 0.225. The third-order valence-corrected chi connectivity index (χ3v) is 5.45. The molecule has 1 aromatic carbocycles. The number of aromatic amines is 1. The highest BCUT2D eigenvalue weighted by atomic mass is 79.9. The number of carbonyl (C=O) groups excluding carboxylic acids is 2. The minimum absolute atomic E-state index is 0.0825. The molecule has 1 saturated carbocycles. The molecule has 0 unspecified atom stereocenters. The number of anilines is 1. The Bertz CT molecular complexity index is 812. The van der Waals surface area contributed by atoms with Crippen LogP contribution in [0.5, 0.6) is 0 Å². The third-order valence-electron chi connectivity index (χ3n) is 4.65. The van der Waals surface area contributed by atoms with Crippen molar-refractivity contribution in [2.45, 2.75) is 45.6 Å². The van der Waals surface area contributed by atoms with Crippen molar-refractivity contribution in [2.75, 3.05) is 5.32 Å². The molecule has 138 valence electrons. The zero-order valence-corrected chi connectivity index (χ0v) is 16.5. The highest BCUT2D eigenvalue weighted by Crippen LogP contribution is 2.28. The van der Waals surface area contributed by atoms with Crippen molar-refractivity contribution in [3.8, 4) is 0 Å². The SMILES string of the molecule is CC(C)c1[nH]nc(C(=O)NCc2cccc(NC(=O)C3CCC3)c2)c1Br. The quantitative estimate of drug-likeness (QED) is 0.663. The van der Waals surface area contributed by atoms with Crippen molar-refractivity contribution in [3.63, 3.8) is 0 Å². The second-order valence-corrected chi connectivity index (χ2v) is 7.75. The number of hydrogen-bond acceptors (Lipinski definition) is 3. The second kappa shape index (κ2) is 8.03. The van der Waals surface area contributed by atoms with E-state index >= 15 is 0 Å². The first-order valence-corrected chi connectivity index (χ1v) is 9.66. The summed E-state index contributed by atoms with van der Waals surface area (Å²) in [6.07, 6.45) is 3.07. The van der Waals surface area contributed by atoms with Crippen LogP contribution in [0.3, 0.4) is 0 Å². The Morgan fingerprint density at radius 1 is 1.35 bits per heavy atom. The number of halogens is 1. The first kappa shape index (κ1) is 18.6. The molecule has 1 aromatic heterocycles. The van der Waals surface area contributed by atoms with Gasteiger partial charge in [0.25, 0.3) is 5.91 Å². The molecular formula is C19H23BrN4O2. The molecular weight excluding hydrogens is 396 g/mol. The van der Waals surface area contributed by atoms with E-state index in [-0.39, 0.29) is 23.7 Å². The van der Waals surface area contributed by atoms with Crippen LogP contribution in [-0.2, 0) is 11.3 Å². The summed E-state index contributed by atoms with van der Waals surface area (Å²) in [4.78, 5) is 24.4. The first-order valence-electron chi connectivity index (χ1n) is 8.87. The summed E-state index contributed by atoms with van der Waals surface area (Å²) in [5.41, 5.74) is 2.93. The summed E-state index contributed by atoms with van der Waals surface area (Å²) < 4.78 is 0.700. The molecule has 26 heavy (non-hydrogen) atoms. The van der Waals surface area contributed by atoms with E-state index < -0.39 is 0 Å². The lowest BCUT2D eigenvalue weighted by Crippen LogP contribution is -2.28. The molecule has 1 fully saturated rings. The lowest BCUT2D eigenvalue weighted by Gasteiger charge is -2.24. The Kier molecular flexibility index (Phi) is 5.76. The Hall–Kier alpha value is -2.15. The largest absolute Gasteiger partial charge is 0.347 e. The molecule has 3 rings (SSSR count). The Morgan fingerprint density at radius 2 is 2.12 bits per heavy atom. The van der Waals surface area contributed by atoms with E-state index in [1.54, 1.807) is 0 Å². The van der Waals surface area contributed by atoms with Crippen LogP contribution >= 0.6 is 15.9 Å². The predicted molar refractivity (Wildman–Crippen MR) is 104 cm³/mol. The van der Waals surface area contributed by atoms with Gasteiger partial charge in [0.2, 0.25) is 5.91 Å². The van der Waals surface area contributed by atoms with Crippen molar-refractivity contribution in [2.24, 2.45) is 5.92 Å². The van der Waals surface area contributed by atoms with Gasteiger partial charge < -0.3 is 10.6 Å². The number of carbonyl (C=O) groups is 2. The molecule has 3 N–H and O–H groups in total. The number of hydrogen-bond donors (Lipinski definition) is 3. The zero-order valence-electron chi connectivity index (χ0n) is 14.9. The highest BCUT2D eigenvalue weighted by Gasteiger charge is 2.25. The standard InChI is InChI=1S/C19H23BrN4O2/c1-11(2)16-15(20)17(24-23-16)19(26)21-10-12-5-3-8-14(9-12)22-18(25)13-6-4-7-13/h3,5,8-9,11,13H,4,6-7,10H2,1-2H3,(H,21,26)(H,22,25)(H,23,24). The highest BCUT2D eigenvalue weighted by molar-refractivity contribution is 9.10. The molecule has 1 heterocycles. The predicted octanol–water partition coefficient (Wildman–Crippen LogP) is 3.96. The molecule has 2 amide bonds. The fourth-order valence-corrected chi connectivity index (χ4v) is 3.63. The monoisotopic (exact) mass is 418 g/mol. The summed E-state index contributed by atoms with van der Waals surface area (Å²) in [7, 11) is 0. The van der Waals surface area contributed by atoms with Crippen molar-refractivity contribution in [1.29, 1.82) is 0 Å². The summed E-state index contributed by atoms with van der Waals surface area (Å²) in [6.45, 7) is 4.43. The number of rotatable bonds is 6. The fourth-order valence-electron chi connectivity index (χ4n) is 2.81. The number of benzene rings is 1. The van der Waals surface area contributed by atoms with Crippen molar-refractivity contribution >= 4 is 33.4 Å². The van der Waals surface area contributed by atoms with Gasteiger partial charge in [-0.1, -0.05) is 32.4 Å². The molecule has 1 aliphatic carbocycles. The van der Waals surface area contributed by atoms with E-state index in [2.05, 4.69) is 36.8 Å². The van der Waals surface area contributed by atoms with Crippen LogP contribution in [-0.4, -0.2) is 22.0 Å². The molecule has 0 spiro atoms. The minimum atomic E-state index is -0.246. The molecule has 0 aliphatic heterocycles. The van der Waals surface area contributed by atoms with Crippen LogP contribution in [0.25, 0.3) is 0 Å². The van der Waals surface area contributed by atoms with Gasteiger partial charge in [0.1, 0.15) is 0 Å². The van der Waals surface area contributed by atoms with Gasteiger partial charge in [0, 0.05) is 18.2 Å². The van der Waals surface area contributed by atoms with Crippen LogP contribution in [0, 0.1) is 5.92 Å². The molecule has 2 aromatic rings. The van der Waals surface area contributed by atoms with Crippen LogP contribution < -0.4 is 10.6 Å². The van der Waals surface area contributed by atoms with Crippen molar-refractivity contribution < 1.29 is 9.59 Å². The van der Waals surface area contributed by atoms with Crippen molar-refractivity contribution in [3.05, 3.63) is 45.7 Å². The van der Waals surface area contributed by atoms with Crippen LogP contribution in [0.2, 0.25) is 0 Å². The average Bonchev–Trinajstić information content (AvgIpc) is 2.93. The van der Waals surface area contributed by atoms with E-state index in [1.807, 2.05) is 38.1 Å². The Morgan fingerprint density at radius 3 is 2.73 bits per heavy atom. The third kappa shape index (κ3) is 4.15. The lowest BCUT2D eigenvalue weighted by molar-refractivity contribution is -0.122. The van der Waals surface area contributed by atoms with Crippen LogP contribution in [0.15, 0.2) is 28.7 Å². The van der Waals surface area contributed by atoms with E-state index in [9.17, 15) is 9.59 Å². The van der Waals surface area contributed by atoms with Gasteiger partial charge in [-0.2, -0.15) is 5.10 Å². The number of nitrogens with zero attached hydrogens (tertiary/aromatic N) is 1. The van der Waals surface area contributed by atoms with Crippen LogP contribution in [0.1, 0.15) is 60.8 Å². The number of H-pyrrole nitrogens is 1. The molecule has 1 aliphatic rings. The van der Waals surface area contributed by atoms with Gasteiger partial charge in [-0.15, -0.1) is 0 Å². The molecule has 6 nitrogen and oxygen atoms in total. The fraction of sp³-hybridized carbons (Fsp3) is 0.421. The van der Waals surface area contributed by atoms with Gasteiger partial charge in [-0.25, -0.2) is 0 Å². The van der Waals surface area contributed by atoms with Gasteiger partial charge >= 0.3 is 0 Å². The topological polar surface area (TPSA) is 86.9 Å². The van der Waals surface area contributed by atoms with E-state index in [0.29, 0.717) is 16.7 Å². The maximum Gasteiger partial charge on any atom is 0.273 e. The lowest BCUT2D eigenvalue weighted by atomic mass is 9.85. The molecule has 7 heteroatoms.